The molecule has 0 aliphatic heterocycles. The van der Waals surface area contributed by atoms with Gasteiger partial charge in [0.05, 0.1) is 17.0 Å². The van der Waals surface area contributed by atoms with E-state index in [4.69, 9.17) is 4.84 Å². The molecule has 0 aliphatic rings. The van der Waals surface area contributed by atoms with Gasteiger partial charge in [0.2, 0.25) is 0 Å². The summed E-state index contributed by atoms with van der Waals surface area (Å²) in [5.74, 6) is -0.519. The normalized spacial score (nSPS) is 11.5. The third-order valence-corrected chi connectivity index (χ3v) is 3.40. The Labute approximate surface area is 136 Å². The van der Waals surface area contributed by atoms with Crippen LogP contribution in [0.5, 0.6) is 0 Å². The Kier molecular flexibility index (Phi) is 4.46. The van der Waals surface area contributed by atoms with E-state index in [-0.39, 0.29) is 17.9 Å². The van der Waals surface area contributed by atoms with Crippen LogP contribution in [0.3, 0.4) is 0 Å². The number of aromatic amines is 1. The SMILES string of the molecule is CC(=NOCc1c(F)cccc1-n1nn[nH]c1=O)c1ccccc1. The first-order valence-corrected chi connectivity index (χ1v) is 7.17. The van der Waals surface area contributed by atoms with Crippen LogP contribution in [0.1, 0.15) is 18.1 Å². The van der Waals surface area contributed by atoms with Gasteiger partial charge in [-0.05, 0) is 35.0 Å². The van der Waals surface area contributed by atoms with E-state index in [2.05, 4.69) is 20.7 Å². The van der Waals surface area contributed by atoms with Crippen LogP contribution in [0.4, 0.5) is 4.39 Å². The van der Waals surface area contributed by atoms with Gasteiger partial charge in [-0.15, -0.1) is 0 Å². The van der Waals surface area contributed by atoms with Crippen molar-refractivity contribution in [3.63, 3.8) is 0 Å². The lowest BCUT2D eigenvalue weighted by Crippen LogP contribution is -2.18. The molecular weight excluding hydrogens is 313 g/mol. The van der Waals surface area contributed by atoms with Crippen molar-refractivity contribution in [3.8, 4) is 5.69 Å². The fraction of sp³-hybridized carbons (Fsp3) is 0.125. The molecule has 1 heterocycles. The van der Waals surface area contributed by atoms with E-state index in [0.717, 1.165) is 10.2 Å². The summed E-state index contributed by atoms with van der Waals surface area (Å²) in [7, 11) is 0. The second-order valence-electron chi connectivity index (χ2n) is 4.97. The monoisotopic (exact) mass is 327 g/mol. The van der Waals surface area contributed by atoms with Crippen LogP contribution < -0.4 is 5.69 Å². The molecule has 24 heavy (non-hydrogen) atoms. The predicted molar refractivity (Wildman–Crippen MR) is 85.4 cm³/mol. The summed E-state index contributed by atoms with van der Waals surface area (Å²) in [4.78, 5) is 16.9. The zero-order valence-corrected chi connectivity index (χ0v) is 12.8. The van der Waals surface area contributed by atoms with Gasteiger partial charge in [0.25, 0.3) is 0 Å². The van der Waals surface area contributed by atoms with Crippen LogP contribution in [0, 0.1) is 5.82 Å². The summed E-state index contributed by atoms with van der Waals surface area (Å²) in [5, 5.41) is 13.2. The van der Waals surface area contributed by atoms with Gasteiger partial charge in [0.1, 0.15) is 12.4 Å². The summed E-state index contributed by atoms with van der Waals surface area (Å²) in [5.41, 5.74) is 1.41. The smallest absolute Gasteiger partial charge is 0.365 e. The Hall–Kier alpha value is -3.29. The minimum absolute atomic E-state index is 0.147. The molecule has 0 unspecified atom stereocenters. The Morgan fingerprint density at radius 3 is 2.75 bits per heavy atom. The average Bonchev–Trinajstić information content (AvgIpc) is 3.03. The first-order chi connectivity index (χ1) is 11.7. The number of rotatable bonds is 5. The van der Waals surface area contributed by atoms with Gasteiger partial charge in [-0.1, -0.05) is 41.6 Å². The molecule has 0 aliphatic carbocycles. The van der Waals surface area contributed by atoms with E-state index in [0.29, 0.717) is 5.71 Å². The van der Waals surface area contributed by atoms with Crippen LogP contribution in [-0.2, 0) is 11.4 Å². The van der Waals surface area contributed by atoms with Crippen molar-refractivity contribution in [1.29, 1.82) is 0 Å². The lowest BCUT2D eigenvalue weighted by Gasteiger charge is -2.08. The van der Waals surface area contributed by atoms with Gasteiger partial charge in [-0.2, -0.15) is 4.68 Å². The molecule has 0 spiro atoms. The van der Waals surface area contributed by atoms with Gasteiger partial charge in [-0.3, -0.25) is 0 Å². The van der Waals surface area contributed by atoms with Crippen LogP contribution in [0.15, 0.2) is 58.5 Å². The summed E-state index contributed by atoms with van der Waals surface area (Å²) in [6, 6.07) is 13.8. The molecule has 7 nitrogen and oxygen atoms in total. The molecule has 0 saturated carbocycles. The highest BCUT2D eigenvalue weighted by Gasteiger charge is 2.14. The number of nitrogens with one attached hydrogen (secondary N) is 1. The Bertz CT molecular complexity index is 917. The number of halogens is 1. The molecule has 3 aromatic rings. The Morgan fingerprint density at radius 1 is 1.25 bits per heavy atom. The summed E-state index contributed by atoms with van der Waals surface area (Å²) >= 11 is 0. The van der Waals surface area contributed by atoms with Crippen LogP contribution in [0.25, 0.3) is 5.69 Å². The van der Waals surface area contributed by atoms with Gasteiger partial charge in [0, 0.05) is 0 Å². The molecule has 3 rings (SSSR count). The third kappa shape index (κ3) is 3.22. The molecule has 0 atom stereocenters. The highest BCUT2D eigenvalue weighted by Crippen LogP contribution is 2.17. The number of hydrogen-bond donors (Lipinski definition) is 1. The van der Waals surface area contributed by atoms with Crippen LogP contribution in [-0.4, -0.2) is 25.9 Å². The summed E-state index contributed by atoms with van der Waals surface area (Å²) in [6.45, 7) is 1.64. The Morgan fingerprint density at radius 2 is 2.04 bits per heavy atom. The number of benzene rings is 2. The number of oxime groups is 1. The highest BCUT2D eigenvalue weighted by molar-refractivity contribution is 5.98. The topological polar surface area (TPSA) is 85.2 Å². The zero-order valence-electron chi connectivity index (χ0n) is 12.8. The van der Waals surface area contributed by atoms with E-state index in [1.165, 1.54) is 12.1 Å². The van der Waals surface area contributed by atoms with Crippen LogP contribution in [0.2, 0.25) is 0 Å². The molecule has 0 amide bonds. The fourth-order valence-electron chi connectivity index (χ4n) is 2.17. The number of hydrogen-bond acceptors (Lipinski definition) is 5. The van der Waals surface area contributed by atoms with Gasteiger partial charge >= 0.3 is 5.69 Å². The molecule has 8 heteroatoms. The number of H-pyrrole nitrogens is 1. The molecule has 0 fully saturated rings. The van der Waals surface area contributed by atoms with Crippen molar-refractivity contribution in [2.75, 3.05) is 0 Å². The minimum Gasteiger partial charge on any atom is -0.390 e. The van der Waals surface area contributed by atoms with E-state index in [1.54, 1.807) is 13.0 Å². The lowest BCUT2D eigenvalue weighted by molar-refractivity contribution is 0.127. The second kappa shape index (κ2) is 6.86. The minimum atomic E-state index is -0.564. The van der Waals surface area contributed by atoms with Crippen molar-refractivity contribution < 1.29 is 9.23 Å². The first kappa shape index (κ1) is 15.6. The fourth-order valence-corrected chi connectivity index (χ4v) is 2.17. The maximum absolute atomic E-state index is 14.1. The van der Waals surface area contributed by atoms with E-state index in [9.17, 15) is 9.18 Å². The third-order valence-electron chi connectivity index (χ3n) is 3.40. The standard InChI is InChI=1S/C16H14FN5O2/c1-11(12-6-3-2-4-7-12)19-24-10-13-14(17)8-5-9-15(13)22-16(23)18-20-21-22/h2-9H,10H2,1H3,(H,18,21,23). The summed E-state index contributed by atoms with van der Waals surface area (Å²) < 4.78 is 15.1. The van der Waals surface area contributed by atoms with Crippen molar-refractivity contribution in [3.05, 3.63) is 76.0 Å². The molecular formula is C16H14FN5O2. The first-order valence-electron chi connectivity index (χ1n) is 7.17. The van der Waals surface area contributed by atoms with Gasteiger partial charge in [-0.25, -0.2) is 14.3 Å². The molecule has 122 valence electrons. The van der Waals surface area contributed by atoms with Crippen molar-refractivity contribution in [2.24, 2.45) is 5.16 Å². The number of nitrogens with zero attached hydrogens (tertiary/aromatic N) is 4. The van der Waals surface area contributed by atoms with E-state index in [1.807, 2.05) is 30.3 Å². The molecule has 0 saturated heterocycles. The van der Waals surface area contributed by atoms with Crippen molar-refractivity contribution in [2.45, 2.75) is 13.5 Å². The van der Waals surface area contributed by atoms with Gasteiger partial charge < -0.3 is 4.84 Å². The lowest BCUT2D eigenvalue weighted by atomic mass is 10.1. The van der Waals surface area contributed by atoms with Crippen molar-refractivity contribution in [1.82, 2.24) is 20.2 Å². The van der Waals surface area contributed by atoms with Crippen LogP contribution >= 0.6 is 0 Å². The molecule has 1 aromatic heterocycles. The largest absolute Gasteiger partial charge is 0.390 e. The average molecular weight is 327 g/mol. The van der Waals surface area contributed by atoms with Gasteiger partial charge in [0.15, 0.2) is 0 Å². The zero-order chi connectivity index (χ0) is 16.9. The van der Waals surface area contributed by atoms with E-state index < -0.39 is 11.5 Å². The van der Waals surface area contributed by atoms with Crippen molar-refractivity contribution >= 4 is 5.71 Å². The van der Waals surface area contributed by atoms with E-state index >= 15 is 0 Å². The number of aromatic nitrogens is 4. The Balaban J connectivity index is 1.84. The molecule has 0 bridgehead atoms. The quantitative estimate of drug-likeness (QED) is 0.574. The second-order valence-corrected chi connectivity index (χ2v) is 4.97. The maximum atomic E-state index is 14.1. The number of tetrazole rings is 1. The molecule has 1 N–H and O–H groups in total. The maximum Gasteiger partial charge on any atom is 0.365 e. The molecule has 2 aromatic carbocycles. The highest BCUT2D eigenvalue weighted by atomic mass is 19.1. The summed E-state index contributed by atoms with van der Waals surface area (Å²) in [6.07, 6.45) is 0. The molecule has 0 radical (unpaired) electrons. The predicted octanol–water partition coefficient (Wildman–Crippen LogP) is 2.04.